The van der Waals surface area contributed by atoms with E-state index in [0.717, 1.165) is 44.8 Å². The molecule has 3 nitrogen and oxygen atoms in total. The van der Waals surface area contributed by atoms with Crippen molar-refractivity contribution in [2.24, 2.45) is 0 Å². The van der Waals surface area contributed by atoms with Crippen molar-refractivity contribution >= 4 is 0 Å². The van der Waals surface area contributed by atoms with Crippen molar-refractivity contribution in [1.82, 2.24) is 5.32 Å². The maximum absolute atomic E-state index is 5.85. The molecule has 0 saturated carbocycles. The fourth-order valence-corrected chi connectivity index (χ4v) is 2.03. The van der Waals surface area contributed by atoms with Crippen molar-refractivity contribution < 1.29 is 9.47 Å². The zero-order valence-corrected chi connectivity index (χ0v) is 12.4. The highest BCUT2D eigenvalue weighted by atomic mass is 16.5. The van der Waals surface area contributed by atoms with Gasteiger partial charge >= 0.3 is 0 Å². The normalized spacial score (nSPS) is 12.4. The van der Waals surface area contributed by atoms with Gasteiger partial charge in [0.05, 0.1) is 6.61 Å². The van der Waals surface area contributed by atoms with E-state index in [9.17, 15) is 0 Å². The molecule has 1 unspecified atom stereocenters. The summed E-state index contributed by atoms with van der Waals surface area (Å²) in [6, 6.07) is 8.60. The molecule has 3 heteroatoms. The summed E-state index contributed by atoms with van der Waals surface area (Å²) in [7, 11) is 1.75. The van der Waals surface area contributed by atoms with Gasteiger partial charge in [0.2, 0.25) is 0 Å². The average Bonchev–Trinajstić information content (AvgIpc) is 2.46. The van der Waals surface area contributed by atoms with Crippen molar-refractivity contribution in [3.05, 3.63) is 29.8 Å². The molecule has 0 bridgehead atoms. The Hall–Kier alpha value is -1.06. The van der Waals surface area contributed by atoms with Crippen LogP contribution in [0.5, 0.6) is 5.75 Å². The molecule has 0 saturated heterocycles. The van der Waals surface area contributed by atoms with E-state index in [1.807, 2.05) is 6.07 Å². The lowest BCUT2D eigenvalue weighted by Gasteiger charge is -2.21. The highest BCUT2D eigenvalue weighted by Crippen LogP contribution is 2.27. The number of para-hydroxylation sites is 1. The Morgan fingerprint density at radius 3 is 2.58 bits per heavy atom. The van der Waals surface area contributed by atoms with E-state index < -0.39 is 0 Å². The summed E-state index contributed by atoms with van der Waals surface area (Å²) in [5.74, 6) is 0.994. The van der Waals surface area contributed by atoms with Crippen LogP contribution in [0.2, 0.25) is 0 Å². The molecule has 19 heavy (non-hydrogen) atoms. The summed E-state index contributed by atoms with van der Waals surface area (Å²) in [5, 5.41) is 3.58. The van der Waals surface area contributed by atoms with Crippen LogP contribution in [0.15, 0.2) is 24.3 Å². The second-order valence-corrected chi connectivity index (χ2v) is 4.67. The molecule has 0 radical (unpaired) electrons. The molecule has 0 aromatic heterocycles. The van der Waals surface area contributed by atoms with Crippen LogP contribution in [0, 0.1) is 0 Å². The Kier molecular flexibility index (Phi) is 8.26. The number of hydrogen-bond donors (Lipinski definition) is 1. The van der Waals surface area contributed by atoms with Crippen LogP contribution in [-0.2, 0) is 4.74 Å². The monoisotopic (exact) mass is 265 g/mol. The summed E-state index contributed by atoms with van der Waals surface area (Å²) < 4.78 is 11.1. The van der Waals surface area contributed by atoms with Gasteiger partial charge in [-0.25, -0.2) is 0 Å². The molecule has 1 N–H and O–H groups in total. The molecular weight excluding hydrogens is 238 g/mol. The van der Waals surface area contributed by atoms with E-state index in [-0.39, 0.29) is 0 Å². The standard InChI is InChI=1S/C16H27NO2/c1-4-11-17-15(10-13-18-3)14-8-6-7-9-16(14)19-12-5-2/h6-9,15,17H,4-5,10-13H2,1-3H3. The summed E-state index contributed by atoms with van der Waals surface area (Å²) in [6.07, 6.45) is 3.12. The van der Waals surface area contributed by atoms with Crippen molar-refractivity contribution in [3.63, 3.8) is 0 Å². The first-order valence-corrected chi connectivity index (χ1v) is 7.27. The largest absolute Gasteiger partial charge is 0.493 e. The van der Waals surface area contributed by atoms with Gasteiger partial charge in [-0.2, -0.15) is 0 Å². The molecule has 0 aliphatic heterocycles. The Balaban J connectivity index is 2.79. The van der Waals surface area contributed by atoms with Crippen molar-refractivity contribution in [3.8, 4) is 5.75 Å². The molecule has 1 atom stereocenters. The van der Waals surface area contributed by atoms with Crippen LogP contribution in [-0.4, -0.2) is 26.9 Å². The van der Waals surface area contributed by atoms with Crippen LogP contribution >= 0.6 is 0 Å². The summed E-state index contributed by atoms with van der Waals surface area (Å²) in [6.45, 7) is 6.84. The molecule has 0 aliphatic carbocycles. The van der Waals surface area contributed by atoms with Crippen LogP contribution in [0.25, 0.3) is 0 Å². The zero-order chi connectivity index (χ0) is 13.9. The smallest absolute Gasteiger partial charge is 0.124 e. The molecule has 0 spiro atoms. The van der Waals surface area contributed by atoms with E-state index in [1.165, 1.54) is 5.56 Å². The topological polar surface area (TPSA) is 30.5 Å². The van der Waals surface area contributed by atoms with Crippen LogP contribution in [0.3, 0.4) is 0 Å². The predicted octanol–water partition coefficient (Wildman–Crippen LogP) is 3.55. The minimum atomic E-state index is 0.299. The average molecular weight is 265 g/mol. The van der Waals surface area contributed by atoms with Gasteiger partial charge < -0.3 is 14.8 Å². The molecule has 0 fully saturated rings. The molecule has 0 amide bonds. The van der Waals surface area contributed by atoms with E-state index in [1.54, 1.807) is 7.11 Å². The maximum Gasteiger partial charge on any atom is 0.124 e. The Labute approximate surface area is 117 Å². The molecule has 0 heterocycles. The third kappa shape index (κ3) is 5.62. The molecule has 0 aliphatic rings. The SMILES string of the molecule is CCCNC(CCOC)c1ccccc1OCCC. The fourth-order valence-electron chi connectivity index (χ4n) is 2.03. The van der Waals surface area contributed by atoms with Gasteiger partial charge in [0.25, 0.3) is 0 Å². The minimum absolute atomic E-state index is 0.299. The van der Waals surface area contributed by atoms with E-state index >= 15 is 0 Å². The van der Waals surface area contributed by atoms with Gasteiger partial charge in [0.15, 0.2) is 0 Å². The maximum atomic E-state index is 5.85. The molecule has 1 aromatic carbocycles. The highest BCUT2D eigenvalue weighted by molar-refractivity contribution is 5.36. The predicted molar refractivity (Wildman–Crippen MR) is 79.8 cm³/mol. The van der Waals surface area contributed by atoms with Gasteiger partial charge in [-0.15, -0.1) is 0 Å². The lowest BCUT2D eigenvalue weighted by atomic mass is 10.0. The quantitative estimate of drug-likeness (QED) is 0.701. The third-order valence-electron chi connectivity index (χ3n) is 3.01. The Bertz CT molecular complexity index is 333. The second kappa shape index (κ2) is 9.82. The third-order valence-corrected chi connectivity index (χ3v) is 3.01. The minimum Gasteiger partial charge on any atom is -0.493 e. The number of rotatable bonds is 10. The van der Waals surface area contributed by atoms with Crippen molar-refractivity contribution in [2.45, 2.75) is 39.2 Å². The van der Waals surface area contributed by atoms with Gasteiger partial charge in [-0.1, -0.05) is 32.0 Å². The number of methoxy groups -OCH3 is 1. The zero-order valence-electron chi connectivity index (χ0n) is 12.4. The van der Waals surface area contributed by atoms with Crippen LogP contribution < -0.4 is 10.1 Å². The first kappa shape index (κ1) is 16.0. The molecule has 1 aromatic rings. The second-order valence-electron chi connectivity index (χ2n) is 4.67. The van der Waals surface area contributed by atoms with E-state index in [0.29, 0.717) is 6.04 Å². The number of nitrogens with one attached hydrogen (secondary N) is 1. The first-order chi connectivity index (χ1) is 9.33. The number of ether oxygens (including phenoxy) is 2. The lowest BCUT2D eigenvalue weighted by molar-refractivity contribution is 0.182. The number of hydrogen-bond acceptors (Lipinski definition) is 3. The Morgan fingerprint density at radius 2 is 1.89 bits per heavy atom. The fraction of sp³-hybridized carbons (Fsp3) is 0.625. The van der Waals surface area contributed by atoms with Gasteiger partial charge in [0, 0.05) is 25.3 Å². The van der Waals surface area contributed by atoms with Gasteiger partial charge in [-0.3, -0.25) is 0 Å². The van der Waals surface area contributed by atoms with E-state index in [2.05, 4.69) is 37.4 Å². The molecule has 108 valence electrons. The highest BCUT2D eigenvalue weighted by Gasteiger charge is 2.15. The number of benzene rings is 1. The van der Waals surface area contributed by atoms with Crippen molar-refractivity contribution in [1.29, 1.82) is 0 Å². The molecular formula is C16H27NO2. The van der Waals surface area contributed by atoms with Crippen LogP contribution in [0.4, 0.5) is 0 Å². The molecule has 1 rings (SSSR count). The van der Waals surface area contributed by atoms with Crippen molar-refractivity contribution in [2.75, 3.05) is 26.9 Å². The Morgan fingerprint density at radius 1 is 1.11 bits per heavy atom. The van der Waals surface area contributed by atoms with Gasteiger partial charge in [0.1, 0.15) is 5.75 Å². The summed E-state index contributed by atoms with van der Waals surface area (Å²) in [5.41, 5.74) is 1.24. The summed E-state index contributed by atoms with van der Waals surface area (Å²) in [4.78, 5) is 0. The van der Waals surface area contributed by atoms with E-state index in [4.69, 9.17) is 9.47 Å². The first-order valence-electron chi connectivity index (χ1n) is 7.27. The summed E-state index contributed by atoms with van der Waals surface area (Å²) >= 11 is 0. The van der Waals surface area contributed by atoms with Crippen LogP contribution in [0.1, 0.15) is 44.7 Å². The van der Waals surface area contributed by atoms with Gasteiger partial charge in [-0.05, 0) is 31.9 Å². The lowest BCUT2D eigenvalue weighted by Crippen LogP contribution is -2.24.